The van der Waals surface area contributed by atoms with Crippen molar-refractivity contribution in [1.29, 1.82) is 0 Å². The van der Waals surface area contributed by atoms with Crippen molar-refractivity contribution in [2.24, 2.45) is 0 Å². The number of aldehydes is 1. The zero-order valence-electron chi connectivity index (χ0n) is 49.3. The minimum atomic E-state index is -0.609. The molecule has 3 N–H and O–H groups in total. The summed E-state index contributed by atoms with van der Waals surface area (Å²) in [5.74, 6) is 6.06. The second kappa shape index (κ2) is 32.0. The number of ketones is 2. The van der Waals surface area contributed by atoms with E-state index in [9.17, 15) is 24.6 Å². The van der Waals surface area contributed by atoms with Gasteiger partial charge >= 0.3 is 0 Å². The van der Waals surface area contributed by atoms with Crippen LogP contribution in [0, 0.1) is 0 Å². The quantitative estimate of drug-likeness (QED) is 0.0723. The smallest absolute Gasteiger partial charge is 0.203 e. The Hall–Kier alpha value is -9.71. The van der Waals surface area contributed by atoms with Gasteiger partial charge in [-0.15, -0.1) is 0 Å². The first-order valence-corrected chi connectivity index (χ1v) is 27.0. The third-order valence-electron chi connectivity index (χ3n) is 14.0. The van der Waals surface area contributed by atoms with Crippen LogP contribution in [0.2, 0.25) is 0 Å². The van der Waals surface area contributed by atoms with E-state index in [1.165, 1.54) is 28.3 Å². The van der Waals surface area contributed by atoms with Crippen molar-refractivity contribution in [3.05, 3.63) is 179 Å². The molecule has 87 heavy (non-hydrogen) atoms. The summed E-state index contributed by atoms with van der Waals surface area (Å²) in [5, 5.41) is 33.8. The highest BCUT2D eigenvalue weighted by molar-refractivity contribution is 6.06. The molecule has 0 bridgehead atoms. The second-order valence-corrected chi connectivity index (χ2v) is 19.0. The topological polar surface area (TPSA) is 213 Å². The molecule has 3 atom stereocenters. The fraction of sp³-hybridized carbons (Fsp3) is 0.271. The predicted octanol–water partition coefficient (Wildman–Crippen LogP) is 14.5. The molecule has 2 aliphatic heterocycles. The monoisotopic (exact) mass is 1190 g/mol. The molecule has 9 aromatic rings. The number of phenolic OH excluding ortho intramolecular Hbond substituents is 1. The van der Waals surface area contributed by atoms with E-state index in [0.29, 0.717) is 80.6 Å². The van der Waals surface area contributed by atoms with Gasteiger partial charge in [-0.2, -0.15) is 0 Å². The van der Waals surface area contributed by atoms with E-state index < -0.39 is 12.2 Å². The lowest BCUT2D eigenvalue weighted by molar-refractivity contribution is 0.0669. The molecule has 2 aliphatic rings. The van der Waals surface area contributed by atoms with Crippen molar-refractivity contribution in [3.8, 4) is 69.0 Å². The van der Waals surface area contributed by atoms with Gasteiger partial charge in [0, 0.05) is 51.4 Å². The molecule has 17 nitrogen and oxygen atoms in total. The number of phenols is 1. The molecule has 2 heterocycles. The third kappa shape index (κ3) is 15.2. The van der Waals surface area contributed by atoms with Crippen LogP contribution in [-0.4, -0.2) is 104 Å². The van der Waals surface area contributed by atoms with Gasteiger partial charge in [-0.05, 0) is 78.5 Å². The van der Waals surface area contributed by atoms with Gasteiger partial charge in [0.1, 0.15) is 35.7 Å². The maximum Gasteiger partial charge on any atom is 0.203 e. The Morgan fingerprint density at radius 2 is 0.908 bits per heavy atom. The predicted molar refractivity (Wildman–Crippen MR) is 339 cm³/mol. The number of hydrogen-bond acceptors (Lipinski definition) is 17. The molecule has 11 rings (SSSR count). The third-order valence-corrected chi connectivity index (χ3v) is 14.0. The highest BCUT2D eigenvalue weighted by atomic mass is 16.5. The molecule has 0 saturated heterocycles. The van der Waals surface area contributed by atoms with Gasteiger partial charge in [0.25, 0.3) is 0 Å². The zero-order valence-corrected chi connectivity index (χ0v) is 49.3. The first-order valence-electron chi connectivity index (χ1n) is 27.0. The number of aliphatic hydroxyl groups is 2. The zero-order chi connectivity index (χ0) is 61.3. The molecule has 0 aromatic heterocycles. The number of aliphatic hydroxyl groups excluding tert-OH is 2. The number of benzene rings is 9. The van der Waals surface area contributed by atoms with Crippen LogP contribution in [0.4, 0.5) is 0 Å². The van der Waals surface area contributed by atoms with Crippen LogP contribution in [-0.2, 0) is 0 Å². The van der Waals surface area contributed by atoms with Gasteiger partial charge in [-0.1, -0.05) is 112 Å². The number of aromatic hydroxyl groups is 1. The minimum absolute atomic E-state index is 0. The van der Waals surface area contributed by atoms with Crippen LogP contribution in [0.1, 0.15) is 108 Å². The molecule has 0 spiro atoms. The van der Waals surface area contributed by atoms with Crippen molar-refractivity contribution in [1.82, 2.24) is 0 Å². The molecular formula is C70H78O17. The SMILES string of the molecule is C.C.CC(=O)c1ccc2ccccc2c1O.CCO.COc1cc(C2CC(=O)c3ccc4ccccc4c3O2)cc(OC)c1OC.COc1cc(C=O)cc(OC)c1OC.COc1cc([C@@H]2CC(O)c3ccc4ccccc4c3O2)cc(OC)c1OC. The van der Waals surface area contributed by atoms with Gasteiger partial charge in [0.2, 0.25) is 17.2 Å². The molecular weight excluding hydrogens is 1110 g/mol. The first kappa shape index (κ1) is 68.1. The van der Waals surface area contributed by atoms with Crippen LogP contribution in [0.25, 0.3) is 32.3 Å². The Kier molecular flexibility index (Phi) is 25.0. The number of Topliss-reactive ketones (excluding diaryl/α,β-unsaturated/α-hetero) is 2. The van der Waals surface area contributed by atoms with Gasteiger partial charge in [-0.25, -0.2) is 0 Å². The maximum atomic E-state index is 12.8. The number of carbonyl (C=O) groups excluding carboxylic acids is 3. The molecule has 0 fully saturated rings. The number of methoxy groups -OCH3 is 9. The minimum Gasteiger partial charge on any atom is -0.507 e. The van der Waals surface area contributed by atoms with Crippen molar-refractivity contribution in [2.75, 3.05) is 70.6 Å². The van der Waals surface area contributed by atoms with Crippen molar-refractivity contribution < 1.29 is 81.8 Å². The number of rotatable bonds is 13. The van der Waals surface area contributed by atoms with Gasteiger partial charge < -0.3 is 67.4 Å². The van der Waals surface area contributed by atoms with Crippen LogP contribution < -0.4 is 52.1 Å². The van der Waals surface area contributed by atoms with Crippen molar-refractivity contribution >= 4 is 50.2 Å². The number of hydrogen-bond donors (Lipinski definition) is 3. The summed E-state index contributed by atoms with van der Waals surface area (Å²) in [6.45, 7) is 3.38. The standard InChI is InChI=1S/C22H22O5.C22H20O5.C12H10O2.C10H12O4.C2H6O.2CH4/c2*1-24-19-10-14(11-20(25-2)22(19)26-3)18-12-17(23)16-9-8-13-6-4-5-7-15(13)21(16)27-18;1-8(13)10-7-6-9-4-2-3-5-11(9)12(10)14;1-12-8-4-7(6-11)5-9(13-2)10(8)14-3;1-2-3;;/h4-11,17-18,23H,12H2,1-3H3;4-11,18H,12H2,1-3H3;2-7,14H,1H3;4-6H,1-3H3;3H,2H2,1H3;2*1H4/t17?,18-;;;;;;/m0....../s1. The molecule has 0 aliphatic carbocycles. The maximum absolute atomic E-state index is 12.8. The molecule has 17 heteroatoms. The summed E-state index contributed by atoms with van der Waals surface area (Å²) in [6.07, 6.45) is 0.0669. The van der Waals surface area contributed by atoms with Crippen LogP contribution >= 0.6 is 0 Å². The molecule has 0 amide bonds. The fourth-order valence-electron chi connectivity index (χ4n) is 9.90. The lowest BCUT2D eigenvalue weighted by atomic mass is 9.92. The average Bonchev–Trinajstić information content (AvgIpc) is 0.904. The summed E-state index contributed by atoms with van der Waals surface area (Å²) >= 11 is 0. The molecule has 0 saturated carbocycles. The number of fused-ring (bicyclic) bond motifs is 7. The van der Waals surface area contributed by atoms with Crippen molar-refractivity contribution in [2.45, 2.75) is 59.9 Å². The summed E-state index contributed by atoms with van der Waals surface area (Å²) in [6, 6.07) is 45.2. The molecule has 460 valence electrons. The summed E-state index contributed by atoms with van der Waals surface area (Å²) in [7, 11) is 14.0. The number of carbonyl (C=O) groups is 3. The largest absolute Gasteiger partial charge is 0.507 e. The van der Waals surface area contributed by atoms with E-state index in [1.807, 2.05) is 121 Å². The Balaban J connectivity index is 0.000000216. The van der Waals surface area contributed by atoms with E-state index in [2.05, 4.69) is 0 Å². The summed E-state index contributed by atoms with van der Waals surface area (Å²) in [5.41, 5.74) is 3.97. The normalized spacial score (nSPS) is 14.0. The second-order valence-electron chi connectivity index (χ2n) is 19.0. The first-order chi connectivity index (χ1) is 41.2. The van der Waals surface area contributed by atoms with E-state index in [0.717, 1.165) is 61.0 Å². The van der Waals surface area contributed by atoms with Gasteiger partial charge in [0.05, 0.1) is 87.6 Å². The lowest BCUT2D eigenvalue weighted by Crippen LogP contribution is -2.20. The van der Waals surface area contributed by atoms with Gasteiger partial charge in [-0.3, -0.25) is 14.4 Å². The molecule has 2 unspecified atom stereocenters. The average molecular weight is 1190 g/mol. The van der Waals surface area contributed by atoms with Crippen LogP contribution in [0.3, 0.4) is 0 Å². The van der Waals surface area contributed by atoms with Gasteiger partial charge in [0.15, 0.2) is 46.1 Å². The Bertz CT molecular complexity index is 3720. The summed E-state index contributed by atoms with van der Waals surface area (Å²) in [4.78, 5) is 34.5. The van der Waals surface area contributed by atoms with Crippen LogP contribution in [0.5, 0.6) is 69.0 Å². The Labute approximate surface area is 508 Å². The summed E-state index contributed by atoms with van der Waals surface area (Å²) < 4.78 is 60.4. The number of ether oxygens (including phenoxy) is 11. The molecule has 9 aromatic carbocycles. The van der Waals surface area contributed by atoms with E-state index in [-0.39, 0.29) is 51.3 Å². The Morgan fingerprint density at radius 1 is 0.529 bits per heavy atom. The Morgan fingerprint density at radius 3 is 1.34 bits per heavy atom. The lowest BCUT2D eigenvalue weighted by Gasteiger charge is -2.31. The van der Waals surface area contributed by atoms with Crippen LogP contribution in [0.15, 0.2) is 146 Å². The fourth-order valence-corrected chi connectivity index (χ4v) is 9.90. The van der Waals surface area contributed by atoms with Crippen molar-refractivity contribution in [3.63, 3.8) is 0 Å². The van der Waals surface area contributed by atoms with E-state index >= 15 is 0 Å². The molecule has 0 radical (unpaired) electrons. The van der Waals surface area contributed by atoms with E-state index in [4.69, 9.17) is 57.2 Å². The highest BCUT2D eigenvalue weighted by Crippen LogP contribution is 2.49. The highest BCUT2D eigenvalue weighted by Gasteiger charge is 2.33. The van der Waals surface area contributed by atoms with E-state index in [1.54, 1.807) is 73.8 Å².